The van der Waals surface area contributed by atoms with Crippen LogP contribution in [0.4, 0.5) is 10.5 Å². The number of hydrogen-bond donors (Lipinski definition) is 1. The summed E-state index contributed by atoms with van der Waals surface area (Å²) in [6, 6.07) is 25.7. The Bertz CT molecular complexity index is 1640. The average Bonchev–Trinajstić information content (AvgIpc) is 3.48. The summed E-state index contributed by atoms with van der Waals surface area (Å²) in [5, 5.41) is 3.59. The number of amides is 2. The van der Waals surface area contributed by atoms with Gasteiger partial charge >= 0.3 is 6.03 Å². The molecule has 0 aliphatic rings. The number of anilines is 1. The molecule has 2 aromatic heterocycles. The van der Waals surface area contributed by atoms with Crippen molar-refractivity contribution >= 4 is 22.6 Å². The Balaban J connectivity index is 1.67. The first-order valence-corrected chi connectivity index (χ1v) is 13.3. The Labute approximate surface area is 227 Å². The lowest BCUT2D eigenvalue weighted by Crippen LogP contribution is -2.40. The number of carbonyl (C=O) groups excluding carboxylic acids is 1. The molecule has 1 unspecified atom stereocenters. The van der Waals surface area contributed by atoms with Crippen LogP contribution < -0.4 is 10.9 Å². The van der Waals surface area contributed by atoms with E-state index in [0.717, 1.165) is 17.7 Å². The van der Waals surface area contributed by atoms with E-state index in [9.17, 15) is 9.59 Å². The zero-order chi connectivity index (χ0) is 27.4. The molecule has 2 heterocycles. The molecule has 7 nitrogen and oxygen atoms in total. The highest BCUT2D eigenvalue weighted by atomic mass is 16.3. The lowest BCUT2D eigenvalue weighted by Gasteiger charge is -2.32. The number of carbonyl (C=O) groups is 1. The SMILES string of the molecule is CCc1ccc(-n2c(C(CC)N(Cc3ccco3)C(=O)Nc3ccccc3C)nc3ccccc3c2=O)cc1. The van der Waals surface area contributed by atoms with Crippen LogP contribution in [-0.4, -0.2) is 20.5 Å². The maximum Gasteiger partial charge on any atom is 0.322 e. The average molecular weight is 521 g/mol. The Morgan fingerprint density at radius 2 is 1.72 bits per heavy atom. The molecule has 3 aromatic carbocycles. The number of hydrogen-bond acceptors (Lipinski definition) is 4. The number of aryl methyl sites for hydroxylation is 2. The molecule has 0 aliphatic carbocycles. The summed E-state index contributed by atoms with van der Waals surface area (Å²) >= 11 is 0. The standard InChI is InChI=1S/C32H32N4O3/c1-4-23-16-18-24(19-17-23)36-30(33-28-15-9-7-13-26(28)31(36)37)29(5-2)35(21-25-12-10-20-39-25)32(38)34-27-14-8-6-11-22(27)3/h6-20,29H,4-5,21H2,1-3H3,(H,34,38). The van der Waals surface area contributed by atoms with Crippen molar-refractivity contribution in [3.63, 3.8) is 0 Å². The summed E-state index contributed by atoms with van der Waals surface area (Å²) < 4.78 is 7.29. The van der Waals surface area contributed by atoms with Crippen LogP contribution in [0.25, 0.3) is 16.6 Å². The van der Waals surface area contributed by atoms with Crippen LogP contribution in [0, 0.1) is 6.92 Å². The molecular formula is C32H32N4O3. The van der Waals surface area contributed by atoms with E-state index in [4.69, 9.17) is 9.40 Å². The first kappa shape index (κ1) is 26.0. The minimum Gasteiger partial charge on any atom is -0.467 e. The molecule has 1 N–H and O–H groups in total. The minimum atomic E-state index is -0.526. The van der Waals surface area contributed by atoms with E-state index in [1.807, 2.05) is 86.6 Å². The Kier molecular flexibility index (Phi) is 7.59. The summed E-state index contributed by atoms with van der Waals surface area (Å²) in [5.74, 6) is 1.13. The molecule has 7 heteroatoms. The van der Waals surface area contributed by atoms with E-state index in [-0.39, 0.29) is 18.1 Å². The molecular weight excluding hydrogens is 488 g/mol. The number of aromatic nitrogens is 2. The third-order valence-electron chi connectivity index (χ3n) is 7.02. The fourth-order valence-corrected chi connectivity index (χ4v) is 4.84. The Morgan fingerprint density at radius 1 is 0.974 bits per heavy atom. The zero-order valence-electron chi connectivity index (χ0n) is 22.4. The molecule has 0 fully saturated rings. The molecule has 198 valence electrons. The summed E-state index contributed by atoms with van der Waals surface area (Å²) in [5.41, 5.74) is 3.98. The van der Waals surface area contributed by atoms with Crippen LogP contribution in [0.5, 0.6) is 0 Å². The molecule has 1 atom stereocenters. The second-order valence-electron chi connectivity index (χ2n) is 9.52. The number of furan rings is 1. The van der Waals surface area contributed by atoms with Gasteiger partial charge in [-0.1, -0.05) is 56.3 Å². The molecule has 0 spiro atoms. The van der Waals surface area contributed by atoms with Crippen LogP contribution in [0.3, 0.4) is 0 Å². The summed E-state index contributed by atoms with van der Waals surface area (Å²) in [7, 11) is 0. The summed E-state index contributed by atoms with van der Waals surface area (Å²) in [6.45, 7) is 6.25. The van der Waals surface area contributed by atoms with E-state index < -0.39 is 6.04 Å². The van der Waals surface area contributed by atoms with Gasteiger partial charge in [-0.2, -0.15) is 0 Å². The highest BCUT2D eigenvalue weighted by molar-refractivity contribution is 5.90. The van der Waals surface area contributed by atoms with Gasteiger partial charge in [-0.05, 0) is 73.4 Å². The van der Waals surface area contributed by atoms with Gasteiger partial charge in [0.05, 0.1) is 35.4 Å². The lowest BCUT2D eigenvalue weighted by atomic mass is 10.1. The van der Waals surface area contributed by atoms with Crippen molar-refractivity contribution in [1.82, 2.24) is 14.5 Å². The maximum atomic E-state index is 14.0. The summed E-state index contributed by atoms with van der Waals surface area (Å²) in [4.78, 5) is 34.5. The van der Waals surface area contributed by atoms with Crippen LogP contribution in [0.2, 0.25) is 0 Å². The zero-order valence-corrected chi connectivity index (χ0v) is 22.4. The molecule has 0 bridgehead atoms. The number of nitrogens with one attached hydrogen (secondary N) is 1. The van der Waals surface area contributed by atoms with Crippen LogP contribution in [-0.2, 0) is 13.0 Å². The largest absolute Gasteiger partial charge is 0.467 e. The highest BCUT2D eigenvalue weighted by Gasteiger charge is 2.30. The lowest BCUT2D eigenvalue weighted by molar-refractivity contribution is 0.170. The van der Waals surface area contributed by atoms with Crippen molar-refractivity contribution in [2.45, 2.75) is 46.2 Å². The Morgan fingerprint density at radius 3 is 2.41 bits per heavy atom. The first-order chi connectivity index (χ1) is 19.0. The molecule has 39 heavy (non-hydrogen) atoms. The highest BCUT2D eigenvalue weighted by Crippen LogP contribution is 2.29. The molecule has 0 aliphatic heterocycles. The van der Waals surface area contributed by atoms with E-state index >= 15 is 0 Å². The van der Waals surface area contributed by atoms with Crippen LogP contribution in [0.15, 0.2) is 100 Å². The number of urea groups is 1. The van der Waals surface area contributed by atoms with Gasteiger partial charge in [0, 0.05) is 5.69 Å². The van der Waals surface area contributed by atoms with Crippen molar-refractivity contribution in [2.75, 3.05) is 5.32 Å². The number of rotatable bonds is 8. The molecule has 0 radical (unpaired) electrons. The van der Waals surface area contributed by atoms with Gasteiger partial charge in [0.2, 0.25) is 0 Å². The first-order valence-electron chi connectivity index (χ1n) is 13.3. The molecule has 5 rings (SSSR count). The maximum absolute atomic E-state index is 14.0. The van der Waals surface area contributed by atoms with Crippen molar-refractivity contribution in [3.05, 3.63) is 124 Å². The van der Waals surface area contributed by atoms with Gasteiger partial charge in [-0.25, -0.2) is 9.78 Å². The third-order valence-corrected chi connectivity index (χ3v) is 7.02. The Hall–Kier alpha value is -4.65. The van der Waals surface area contributed by atoms with Gasteiger partial charge < -0.3 is 14.6 Å². The van der Waals surface area contributed by atoms with Gasteiger partial charge in [-0.3, -0.25) is 9.36 Å². The van der Waals surface area contributed by atoms with Gasteiger partial charge in [0.1, 0.15) is 11.6 Å². The summed E-state index contributed by atoms with van der Waals surface area (Å²) in [6.07, 6.45) is 3.01. The smallest absolute Gasteiger partial charge is 0.322 e. The molecule has 0 saturated carbocycles. The van der Waals surface area contributed by atoms with Gasteiger partial charge in [0.15, 0.2) is 0 Å². The number of nitrogens with zero attached hydrogens (tertiary/aromatic N) is 3. The number of benzene rings is 3. The van der Waals surface area contributed by atoms with Crippen LogP contribution in [0.1, 0.15) is 49.0 Å². The molecule has 0 saturated heterocycles. The van der Waals surface area contributed by atoms with Crippen molar-refractivity contribution < 1.29 is 9.21 Å². The van der Waals surface area contributed by atoms with E-state index in [1.165, 1.54) is 5.56 Å². The van der Waals surface area contributed by atoms with Crippen molar-refractivity contribution in [2.24, 2.45) is 0 Å². The quantitative estimate of drug-likeness (QED) is 0.238. The fourth-order valence-electron chi connectivity index (χ4n) is 4.84. The van der Waals surface area contributed by atoms with E-state index in [2.05, 4.69) is 12.2 Å². The van der Waals surface area contributed by atoms with Crippen molar-refractivity contribution in [1.29, 1.82) is 0 Å². The number of fused-ring (bicyclic) bond motifs is 1. The molecule has 5 aromatic rings. The van der Waals surface area contributed by atoms with E-state index in [1.54, 1.807) is 27.9 Å². The normalized spacial score (nSPS) is 11.9. The van der Waals surface area contributed by atoms with E-state index in [0.29, 0.717) is 34.6 Å². The second-order valence-corrected chi connectivity index (χ2v) is 9.52. The van der Waals surface area contributed by atoms with Gasteiger partial charge in [0.25, 0.3) is 5.56 Å². The fraction of sp³-hybridized carbons (Fsp3) is 0.219. The van der Waals surface area contributed by atoms with Crippen molar-refractivity contribution in [3.8, 4) is 5.69 Å². The third kappa shape index (κ3) is 5.34. The monoisotopic (exact) mass is 520 g/mol. The predicted molar refractivity (Wildman–Crippen MR) is 154 cm³/mol. The predicted octanol–water partition coefficient (Wildman–Crippen LogP) is 7.03. The van der Waals surface area contributed by atoms with Gasteiger partial charge in [-0.15, -0.1) is 0 Å². The minimum absolute atomic E-state index is 0.171. The molecule has 2 amide bonds. The topological polar surface area (TPSA) is 80.4 Å². The second kappa shape index (κ2) is 11.4. The number of para-hydroxylation sites is 2. The van der Waals surface area contributed by atoms with Crippen LogP contribution >= 0.6 is 0 Å².